The van der Waals surface area contributed by atoms with Gasteiger partial charge in [0.1, 0.15) is 0 Å². The van der Waals surface area contributed by atoms with E-state index in [-0.39, 0.29) is 18.1 Å². The smallest absolute Gasteiger partial charge is 0.253 e. The van der Waals surface area contributed by atoms with Crippen molar-refractivity contribution in [3.05, 3.63) is 71.3 Å². The first kappa shape index (κ1) is 18.2. The molecule has 0 aromatic heterocycles. The number of benzene rings is 2. The van der Waals surface area contributed by atoms with Crippen molar-refractivity contribution in [2.45, 2.75) is 37.3 Å². The number of hydrogen-bond donors (Lipinski definition) is 1. The normalized spacial score (nSPS) is 22.3. The second-order valence-electron chi connectivity index (χ2n) is 8.06. The standard InChI is InChI=1S/C23H28N2O2/c1-24-16-21(19-5-3-2-4-6-19)15-23(24)11-13-25(14-12-23)22(27)20-9-7-18(17-26)8-10-20/h2-10,21,26H,11-17H2,1H3/t21-/m1/s1. The summed E-state index contributed by atoms with van der Waals surface area (Å²) in [6, 6.07) is 18.1. The number of carbonyl (C=O) groups is 1. The first-order valence-corrected chi connectivity index (χ1v) is 9.86. The summed E-state index contributed by atoms with van der Waals surface area (Å²) in [5.41, 5.74) is 3.20. The molecule has 4 rings (SSSR count). The van der Waals surface area contributed by atoms with Gasteiger partial charge in [-0.15, -0.1) is 0 Å². The molecule has 27 heavy (non-hydrogen) atoms. The average molecular weight is 364 g/mol. The number of likely N-dealkylation sites (N-methyl/N-ethyl adjacent to an activating group) is 1. The predicted octanol–water partition coefficient (Wildman–Crippen LogP) is 3.27. The number of likely N-dealkylation sites (tertiary alicyclic amines) is 2. The summed E-state index contributed by atoms with van der Waals surface area (Å²) in [6.45, 7) is 2.73. The molecule has 2 saturated heterocycles. The number of piperidine rings is 1. The summed E-state index contributed by atoms with van der Waals surface area (Å²) in [7, 11) is 2.24. The molecule has 0 bridgehead atoms. The van der Waals surface area contributed by atoms with E-state index in [9.17, 15) is 4.79 Å². The van der Waals surface area contributed by atoms with E-state index in [0.29, 0.717) is 11.5 Å². The topological polar surface area (TPSA) is 43.8 Å². The van der Waals surface area contributed by atoms with Crippen LogP contribution in [0.5, 0.6) is 0 Å². The van der Waals surface area contributed by atoms with Gasteiger partial charge in [-0.05, 0) is 55.5 Å². The molecule has 2 fully saturated rings. The molecule has 0 saturated carbocycles. The van der Waals surface area contributed by atoms with E-state index < -0.39 is 0 Å². The number of amides is 1. The second-order valence-corrected chi connectivity index (χ2v) is 8.06. The van der Waals surface area contributed by atoms with Gasteiger partial charge in [-0.1, -0.05) is 42.5 Å². The van der Waals surface area contributed by atoms with E-state index in [0.717, 1.165) is 38.0 Å². The van der Waals surface area contributed by atoms with Crippen molar-refractivity contribution in [3.8, 4) is 0 Å². The maximum absolute atomic E-state index is 12.8. The zero-order valence-electron chi connectivity index (χ0n) is 16.0. The summed E-state index contributed by atoms with van der Waals surface area (Å²) in [5.74, 6) is 0.694. The van der Waals surface area contributed by atoms with Crippen LogP contribution < -0.4 is 0 Å². The minimum absolute atomic E-state index is 0.00954. The van der Waals surface area contributed by atoms with Gasteiger partial charge in [0.25, 0.3) is 5.91 Å². The molecule has 142 valence electrons. The molecule has 4 nitrogen and oxygen atoms in total. The van der Waals surface area contributed by atoms with Gasteiger partial charge in [-0.3, -0.25) is 9.69 Å². The monoisotopic (exact) mass is 364 g/mol. The van der Waals surface area contributed by atoms with E-state index in [2.05, 4.69) is 42.3 Å². The third kappa shape index (κ3) is 3.52. The number of hydrogen-bond acceptors (Lipinski definition) is 3. The Kier molecular flexibility index (Phi) is 5.02. The minimum Gasteiger partial charge on any atom is -0.392 e. The number of nitrogens with zero attached hydrogens (tertiary/aromatic N) is 2. The molecule has 0 unspecified atom stereocenters. The van der Waals surface area contributed by atoms with Crippen LogP contribution in [0.15, 0.2) is 54.6 Å². The average Bonchev–Trinajstić information content (AvgIpc) is 3.05. The van der Waals surface area contributed by atoms with Crippen LogP contribution in [0, 0.1) is 0 Å². The van der Waals surface area contributed by atoms with Crippen LogP contribution in [-0.2, 0) is 6.61 Å². The third-order valence-corrected chi connectivity index (χ3v) is 6.57. The highest BCUT2D eigenvalue weighted by Crippen LogP contribution is 2.44. The highest BCUT2D eigenvalue weighted by molar-refractivity contribution is 5.94. The molecular weight excluding hydrogens is 336 g/mol. The summed E-state index contributed by atoms with van der Waals surface area (Å²) < 4.78 is 0. The Morgan fingerprint density at radius 2 is 1.74 bits per heavy atom. The van der Waals surface area contributed by atoms with Crippen molar-refractivity contribution in [2.75, 3.05) is 26.7 Å². The lowest BCUT2D eigenvalue weighted by atomic mass is 9.81. The van der Waals surface area contributed by atoms with Crippen molar-refractivity contribution in [2.24, 2.45) is 0 Å². The molecule has 1 atom stereocenters. The molecule has 1 N–H and O–H groups in total. The highest BCUT2D eigenvalue weighted by atomic mass is 16.3. The van der Waals surface area contributed by atoms with Gasteiger partial charge < -0.3 is 10.0 Å². The fourth-order valence-electron chi connectivity index (χ4n) is 4.80. The van der Waals surface area contributed by atoms with Crippen LogP contribution >= 0.6 is 0 Å². The molecule has 2 aromatic carbocycles. The van der Waals surface area contributed by atoms with Crippen molar-refractivity contribution in [1.82, 2.24) is 9.80 Å². The summed E-state index contributed by atoms with van der Waals surface area (Å²) in [5, 5.41) is 9.16. The molecule has 2 heterocycles. The lowest BCUT2D eigenvalue weighted by molar-refractivity contribution is 0.0492. The van der Waals surface area contributed by atoms with Gasteiger partial charge >= 0.3 is 0 Å². The molecule has 2 aromatic rings. The van der Waals surface area contributed by atoms with Crippen LogP contribution in [0.2, 0.25) is 0 Å². The lowest BCUT2D eigenvalue weighted by Crippen LogP contribution is -2.52. The Balaban J connectivity index is 1.41. The third-order valence-electron chi connectivity index (χ3n) is 6.57. The Labute approximate surface area is 161 Å². The first-order chi connectivity index (χ1) is 13.1. The van der Waals surface area contributed by atoms with Crippen molar-refractivity contribution < 1.29 is 9.90 Å². The Bertz CT molecular complexity index is 780. The predicted molar refractivity (Wildman–Crippen MR) is 107 cm³/mol. The summed E-state index contributed by atoms with van der Waals surface area (Å²) in [6.07, 6.45) is 3.25. The zero-order chi connectivity index (χ0) is 18.9. The number of carbonyl (C=O) groups excluding carboxylic acids is 1. The van der Waals surface area contributed by atoms with Gasteiger partial charge in [-0.25, -0.2) is 0 Å². The molecule has 4 heteroatoms. The van der Waals surface area contributed by atoms with Crippen molar-refractivity contribution in [3.63, 3.8) is 0 Å². The molecule has 1 spiro atoms. The second kappa shape index (κ2) is 7.45. The first-order valence-electron chi connectivity index (χ1n) is 9.86. The van der Waals surface area contributed by atoms with Gasteiger partial charge in [0.05, 0.1) is 6.61 Å². The van der Waals surface area contributed by atoms with E-state index in [1.807, 2.05) is 29.2 Å². The highest BCUT2D eigenvalue weighted by Gasteiger charge is 2.46. The van der Waals surface area contributed by atoms with Crippen LogP contribution in [0.25, 0.3) is 0 Å². The number of aliphatic hydroxyl groups excluding tert-OH is 1. The lowest BCUT2D eigenvalue weighted by Gasteiger charge is -2.43. The van der Waals surface area contributed by atoms with Crippen molar-refractivity contribution in [1.29, 1.82) is 0 Å². The largest absolute Gasteiger partial charge is 0.392 e. The molecule has 0 radical (unpaired) electrons. The van der Waals surface area contributed by atoms with Gasteiger partial charge in [0, 0.05) is 30.7 Å². The SMILES string of the molecule is CN1C[C@H](c2ccccc2)CC12CCN(C(=O)c1ccc(CO)cc1)CC2. The fourth-order valence-corrected chi connectivity index (χ4v) is 4.80. The van der Waals surface area contributed by atoms with Crippen LogP contribution in [-0.4, -0.2) is 53.0 Å². The maximum Gasteiger partial charge on any atom is 0.253 e. The van der Waals surface area contributed by atoms with Gasteiger partial charge in [-0.2, -0.15) is 0 Å². The molecule has 2 aliphatic rings. The molecule has 0 aliphatic carbocycles. The Hall–Kier alpha value is -2.17. The van der Waals surface area contributed by atoms with Gasteiger partial charge in [0.2, 0.25) is 0 Å². The molecule has 2 aliphatic heterocycles. The Morgan fingerprint density at radius 1 is 1.07 bits per heavy atom. The van der Waals surface area contributed by atoms with E-state index in [1.54, 1.807) is 0 Å². The van der Waals surface area contributed by atoms with E-state index >= 15 is 0 Å². The zero-order valence-corrected chi connectivity index (χ0v) is 16.0. The number of aliphatic hydroxyl groups is 1. The summed E-state index contributed by atoms with van der Waals surface area (Å²) in [4.78, 5) is 17.3. The maximum atomic E-state index is 12.8. The number of rotatable bonds is 3. The quantitative estimate of drug-likeness (QED) is 0.909. The van der Waals surface area contributed by atoms with E-state index in [1.165, 1.54) is 12.0 Å². The Morgan fingerprint density at radius 3 is 2.37 bits per heavy atom. The van der Waals surface area contributed by atoms with Crippen LogP contribution in [0.1, 0.15) is 46.7 Å². The fraction of sp³-hybridized carbons (Fsp3) is 0.435. The minimum atomic E-state index is 0.00954. The van der Waals surface area contributed by atoms with E-state index in [4.69, 9.17) is 5.11 Å². The van der Waals surface area contributed by atoms with Crippen molar-refractivity contribution >= 4 is 5.91 Å². The van der Waals surface area contributed by atoms with Gasteiger partial charge in [0.15, 0.2) is 0 Å². The van der Waals surface area contributed by atoms with Crippen LogP contribution in [0.3, 0.4) is 0 Å². The molecular formula is C23H28N2O2. The molecule has 1 amide bonds. The summed E-state index contributed by atoms with van der Waals surface area (Å²) >= 11 is 0. The van der Waals surface area contributed by atoms with Crippen LogP contribution in [0.4, 0.5) is 0 Å².